The first kappa shape index (κ1) is 15.8. The number of fused-ring (bicyclic) bond motifs is 1. The summed E-state index contributed by atoms with van der Waals surface area (Å²) in [7, 11) is 2.02. The van der Waals surface area contributed by atoms with E-state index in [2.05, 4.69) is 16.3 Å². The van der Waals surface area contributed by atoms with Gasteiger partial charge in [0.15, 0.2) is 6.10 Å². The summed E-state index contributed by atoms with van der Waals surface area (Å²) in [5, 5.41) is 17.7. The van der Waals surface area contributed by atoms with Crippen LogP contribution in [0.2, 0.25) is 0 Å². The number of nitriles is 1. The first-order valence-electron chi connectivity index (χ1n) is 8.64. The minimum atomic E-state index is -0.311. The van der Waals surface area contributed by atoms with Gasteiger partial charge in [-0.25, -0.2) is 4.68 Å². The minimum Gasteiger partial charge on any atom is -0.480 e. The molecule has 1 unspecified atom stereocenters. The number of nitrogens with two attached hydrogens (primary N) is 1. The Kier molecular flexibility index (Phi) is 3.98. The van der Waals surface area contributed by atoms with E-state index in [0.717, 1.165) is 37.4 Å². The van der Waals surface area contributed by atoms with Crippen molar-refractivity contribution < 1.29 is 4.74 Å². The average Bonchev–Trinajstić information content (AvgIpc) is 2.99. The van der Waals surface area contributed by atoms with Crippen LogP contribution in [0.4, 0.5) is 11.5 Å². The Labute approximate surface area is 147 Å². The van der Waals surface area contributed by atoms with Gasteiger partial charge in [-0.2, -0.15) is 10.4 Å². The highest BCUT2D eigenvalue weighted by Crippen LogP contribution is 2.38. The van der Waals surface area contributed by atoms with Crippen molar-refractivity contribution in [3.05, 3.63) is 35.5 Å². The zero-order chi connectivity index (χ0) is 17.4. The van der Waals surface area contributed by atoms with Crippen molar-refractivity contribution in [1.29, 1.82) is 5.26 Å². The van der Waals surface area contributed by atoms with Crippen molar-refractivity contribution in [1.82, 2.24) is 15.1 Å². The molecule has 0 bridgehead atoms. The largest absolute Gasteiger partial charge is 0.480 e. The number of nitrogens with zero attached hydrogens (tertiary/aromatic N) is 4. The predicted octanol–water partition coefficient (Wildman–Crippen LogP) is 1.83. The van der Waals surface area contributed by atoms with Gasteiger partial charge in [-0.3, -0.25) is 0 Å². The van der Waals surface area contributed by atoms with Crippen LogP contribution in [0.5, 0.6) is 5.75 Å². The van der Waals surface area contributed by atoms with Gasteiger partial charge in [0.25, 0.3) is 0 Å². The maximum Gasteiger partial charge on any atom is 0.161 e. The third-order valence-corrected chi connectivity index (χ3v) is 4.99. The number of likely N-dealkylation sites (N-methyl/N-ethyl adjacent to an activating group) is 1. The summed E-state index contributed by atoms with van der Waals surface area (Å²) in [6, 6.07) is 10.3. The maximum absolute atomic E-state index is 9.63. The number of nitrogens with one attached hydrogen (secondary N) is 1. The molecule has 2 aliphatic rings. The van der Waals surface area contributed by atoms with Gasteiger partial charge in [0.1, 0.15) is 28.9 Å². The Balaban J connectivity index is 1.70. The second kappa shape index (κ2) is 6.30. The van der Waals surface area contributed by atoms with Crippen molar-refractivity contribution in [3.8, 4) is 11.8 Å². The summed E-state index contributed by atoms with van der Waals surface area (Å²) in [4.78, 5) is 2.13. The van der Waals surface area contributed by atoms with Crippen LogP contribution in [0, 0.1) is 11.3 Å². The molecule has 0 amide bonds. The summed E-state index contributed by atoms with van der Waals surface area (Å²) >= 11 is 0. The lowest BCUT2D eigenvalue weighted by molar-refractivity contribution is 0.192. The Bertz CT molecular complexity index is 817. The second-order valence-electron chi connectivity index (χ2n) is 6.66. The van der Waals surface area contributed by atoms with Crippen molar-refractivity contribution in [2.45, 2.75) is 25.0 Å². The molecule has 3 heterocycles. The molecule has 2 aromatic rings. The van der Waals surface area contributed by atoms with E-state index < -0.39 is 0 Å². The second-order valence-corrected chi connectivity index (χ2v) is 6.66. The molecule has 0 aliphatic carbocycles. The van der Waals surface area contributed by atoms with Gasteiger partial charge >= 0.3 is 0 Å². The molecule has 1 aromatic carbocycles. The summed E-state index contributed by atoms with van der Waals surface area (Å²) in [6.45, 7) is 2.47. The molecule has 0 spiro atoms. The normalized spacial score (nSPS) is 22.8. The Hall–Kier alpha value is -2.72. The standard InChI is InChI=1S/C18H22N6O/c1-23-11-16(25-15-7-3-2-6-14(15)23)17-13(9-19)18(20)24(22-17)12-5-4-8-21-10-12/h2-3,6-7,12,16,21H,4-5,8,10-11,20H2,1H3/t12-,16?/m1/s1. The lowest BCUT2D eigenvalue weighted by Crippen LogP contribution is -2.34. The lowest BCUT2D eigenvalue weighted by atomic mass is 10.1. The molecule has 7 nitrogen and oxygen atoms in total. The number of hydrogen-bond acceptors (Lipinski definition) is 6. The summed E-state index contributed by atoms with van der Waals surface area (Å²) in [5.41, 5.74) is 8.37. The third kappa shape index (κ3) is 2.68. The van der Waals surface area contributed by atoms with Gasteiger partial charge in [0, 0.05) is 13.6 Å². The summed E-state index contributed by atoms with van der Waals surface area (Å²) in [6.07, 6.45) is 1.78. The van der Waals surface area contributed by atoms with Crippen LogP contribution in [0.1, 0.15) is 36.2 Å². The van der Waals surface area contributed by atoms with E-state index in [1.54, 1.807) is 0 Å². The quantitative estimate of drug-likeness (QED) is 0.868. The third-order valence-electron chi connectivity index (χ3n) is 4.99. The minimum absolute atomic E-state index is 0.184. The number of hydrogen-bond donors (Lipinski definition) is 2. The number of ether oxygens (including phenoxy) is 1. The van der Waals surface area contributed by atoms with E-state index in [1.165, 1.54) is 0 Å². The highest BCUT2D eigenvalue weighted by molar-refractivity contribution is 5.61. The fraction of sp³-hybridized carbons (Fsp3) is 0.444. The van der Waals surface area contributed by atoms with Gasteiger partial charge < -0.3 is 20.7 Å². The van der Waals surface area contributed by atoms with Crippen molar-refractivity contribution >= 4 is 11.5 Å². The molecule has 2 atom stereocenters. The SMILES string of the molecule is CN1CC(c2nn([C@@H]3CCCNC3)c(N)c2C#N)Oc2ccccc21. The van der Waals surface area contributed by atoms with E-state index >= 15 is 0 Å². The Morgan fingerprint density at radius 1 is 1.40 bits per heavy atom. The molecule has 1 fully saturated rings. The number of aromatic nitrogens is 2. The van der Waals surface area contributed by atoms with E-state index in [9.17, 15) is 5.26 Å². The molecule has 25 heavy (non-hydrogen) atoms. The molecule has 0 saturated carbocycles. The van der Waals surface area contributed by atoms with Crippen molar-refractivity contribution in [2.24, 2.45) is 0 Å². The Morgan fingerprint density at radius 2 is 2.24 bits per heavy atom. The van der Waals surface area contributed by atoms with E-state index in [0.29, 0.717) is 23.6 Å². The molecule has 1 aromatic heterocycles. The van der Waals surface area contributed by atoms with Gasteiger partial charge in [-0.1, -0.05) is 12.1 Å². The Morgan fingerprint density at radius 3 is 3.00 bits per heavy atom. The summed E-state index contributed by atoms with van der Waals surface area (Å²) in [5.74, 6) is 1.24. The maximum atomic E-state index is 9.63. The lowest BCUT2D eigenvalue weighted by Gasteiger charge is -2.33. The van der Waals surface area contributed by atoms with Gasteiger partial charge in [0.2, 0.25) is 0 Å². The smallest absolute Gasteiger partial charge is 0.161 e. The number of benzene rings is 1. The molecule has 0 radical (unpaired) electrons. The molecule has 3 N–H and O–H groups in total. The fourth-order valence-electron chi connectivity index (χ4n) is 3.68. The van der Waals surface area contributed by atoms with Crippen molar-refractivity contribution in [3.63, 3.8) is 0 Å². The summed E-state index contributed by atoms with van der Waals surface area (Å²) < 4.78 is 7.96. The molecule has 4 rings (SSSR count). The van der Waals surface area contributed by atoms with Crippen LogP contribution in [-0.4, -0.2) is 36.5 Å². The van der Waals surface area contributed by atoms with Crippen LogP contribution in [0.3, 0.4) is 0 Å². The predicted molar refractivity (Wildman–Crippen MR) is 95.6 cm³/mol. The van der Waals surface area contributed by atoms with Crippen LogP contribution >= 0.6 is 0 Å². The highest BCUT2D eigenvalue weighted by Gasteiger charge is 2.32. The molecular weight excluding hydrogens is 316 g/mol. The number of rotatable bonds is 2. The van der Waals surface area contributed by atoms with Crippen LogP contribution < -0.4 is 20.7 Å². The zero-order valence-electron chi connectivity index (χ0n) is 14.3. The highest BCUT2D eigenvalue weighted by atomic mass is 16.5. The van der Waals surface area contributed by atoms with Gasteiger partial charge in [-0.05, 0) is 31.5 Å². The number of piperidine rings is 1. The van der Waals surface area contributed by atoms with Crippen molar-refractivity contribution in [2.75, 3.05) is 37.3 Å². The van der Waals surface area contributed by atoms with E-state index in [4.69, 9.17) is 15.6 Å². The average molecular weight is 338 g/mol. The molecule has 130 valence electrons. The number of nitrogen functional groups attached to an aromatic ring is 1. The zero-order valence-corrected chi connectivity index (χ0v) is 14.3. The van der Waals surface area contributed by atoms with Crippen LogP contribution in [-0.2, 0) is 0 Å². The van der Waals surface area contributed by atoms with Gasteiger partial charge in [0.05, 0.1) is 18.3 Å². The van der Waals surface area contributed by atoms with E-state index in [1.807, 2.05) is 36.0 Å². The number of anilines is 2. The number of para-hydroxylation sites is 2. The molecule has 2 aliphatic heterocycles. The molecule has 7 heteroatoms. The topological polar surface area (TPSA) is 92.1 Å². The fourth-order valence-corrected chi connectivity index (χ4v) is 3.68. The molecular formula is C18H22N6O. The monoisotopic (exact) mass is 338 g/mol. The van der Waals surface area contributed by atoms with E-state index in [-0.39, 0.29) is 12.1 Å². The first-order valence-corrected chi connectivity index (χ1v) is 8.64. The van der Waals surface area contributed by atoms with Crippen LogP contribution in [0.15, 0.2) is 24.3 Å². The first-order chi connectivity index (χ1) is 12.2. The molecule has 1 saturated heterocycles. The van der Waals surface area contributed by atoms with Crippen LogP contribution in [0.25, 0.3) is 0 Å². The van der Waals surface area contributed by atoms with Gasteiger partial charge in [-0.15, -0.1) is 0 Å².